The number of halogens is 1. The highest BCUT2D eigenvalue weighted by Crippen LogP contribution is 2.29. The summed E-state index contributed by atoms with van der Waals surface area (Å²) >= 11 is 6.35. The summed E-state index contributed by atoms with van der Waals surface area (Å²) in [6, 6.07) is 14.7. The molecule has 6 nitrogen and oxygen atoms in total. The molecule has 0 aromatic heterocycles. The summed E-state index contributed by atoms with van der Waals surface area (Å²) in [7, 11) is 0. The van der Waals surface area contributed by atoms with Crippen LogP contribution in [-0.2, 0) is 9.53 Å². The van der Waals surface area contributed by atoms with Crippen LogP contribution in [0.5, 0.6) is 0 Å². The van der Waals surface area contributed by atoms with E-state index in [4.69, 9.17) is 16.3 Å². The predicted molar refractivity (Wildman–Crippen MR) is 123 cm³/mol. The molecule has 2 amide bonds. The standard InChI is InChI=1S/C24H28ClN3O3/c25-22(17-7-2-1-3-8-17)24(30)27-18-10-11-21(28-12-4-5-13-28)20(15-18)23(29)26-16-19-9-6-14-31-19/h1-3,7-8,10-11,15,19,22H,4-6,9,12-14,16H2,(H,26,29)(H,27,30)/t19-,22+/m1/s1. The molecule has 0 saturated carbocycles. The topological polar surface area (TPSA) is 70.7 Å². The van der Waals surface area contributed by atoms with Crippen LogP contribution < -0.4 is 15.5 Å². The molecule has 2 aliphatic heterocycles. The Hall–Kier alpha value is -2.57. The van der Waals surface area contributed by atoms with Crippen molar-refractivity contribution in [2.75, 3.05) is 36.5 Å². The molecule has 0 spiro atoms. The van der Waals surface area contributed by atoms with Gasteiger partial charge < -0.3 is 20.3 Å². The summed E-state index contributed by atoms with van der Waals surface area (Å²) in [6.07, 6.45) is 4.29. The lowest BCUT2D eigenvalue weighted by Crippen LogP contribution is -2.33. The Morgan fingerprint density at radius 1 is 1.10 bits per heavy atom. The number of alkyl halides is 1. The molecule has 2 N–H and O–H groups in total. The van der Waals surface area contributed by atoms with Gasteiger partial charge in [0.05, 0.1) is 11.7 Å². The van der Waals surface area contributed by atoms with Crippen molar-refractivity contribution in [3.63, 3.8) is 0 Å². The third kappa shape index (κ3) is 5.38. The summed E-state index contributed by atoms with van der Waals surface area (Å²) in [5.74, 6) is -0.480. The second-order valence-electron chi connectivity index (χ2n) is 8.03. The summed E-state index contributed by atoms with van der Waals surface area (Å²) in [5.41, 5.74) is 2.73. The first-order valence-electron chi connectivity index (χ1n) is 10.9. The fraction of sp³-hybridized carbons (Fsp3) is 0.417. The largest absolute Gasteiger partial charge is 0.376 e. The fourth-order valence-corrected chi connectivity index (χ4v) is 4.32. The van der Waals surface area contributed by atoms with Crippen LogP contribution in [0.4, 0.5) is 11.4 Å². The SMILES string of the molecule is O=C(NC[C@H]1CCCO1)c1cc(NC(=O)[C@@H](Cl)c2ccccc2)ccc1N1CCCC1. The number of hydrogen-bond donors (Lipinski definition) is 2. The van der Waals surface area contributed by atoms with E-state index in [-0.39, 0.29) is 17.9 Å². The molecular formula is C24H28ClN3O3. The quantitative estimate of drug-likeness (QED) is 0.634. The lowest BCUT2D eigenvalue weighted by molar-refractivity contribution is -0.116. The first-order valence-corrected chi connectivity index (χ1v) is 11.3. The molecule has 2 aromatic rings. The van der Waals surface area contributed by atoms with Crippen molar-refractivity contribution in [1.29, 1.82) is 0 Å². The molecular weight excluding hydrogens is 414 g/mol. The van der Waals surface area contributed by atoms with Gasteiger partial charge in [0.2, 0.25) is 5.91 Å². The van der Waals surface area contributed by atoms with Gasteiger partial charge in [0.15, 0.2) is 0 Å². The number of rotatable bonds is 7. The molecule has 2 aromatic carbocycles. The van der Waals surface area contributed by atoms with Crippen LogP contribution in [0.15, 0.2) is 48.5 Å². The van der Waals surface area contributed by atoms with E-state index in [0.717, 1.165) is 56.6 Å². The van der Waals surface area contributed by atoms with Crippen molar-refractivity contribution in [3.8, 4) is 0 Å². The van der Waals surface area contributed by atoms with E-state index < -0.39 is 5.38 Å². The number of nitrogens with zero attached hydrogens (tertiary/aromatic N) is 1. The van der Waals surface area contributed by atoms with Gasteiger partial charge in [0.25, 0.3) is 5.91 Å². The first kappa shape index (κ1) is 21.7. The van der Waals surface area contributed by atoms with Gasteiger partial charge in [0.1, 0.15) is 5.38 Å². The second-order valence-corrected chi connectivity index (χ2v) is 8.47. The van der Waals surface area contributed by atoms with E-state index in [1.165, 1.54) is 0 Å². The van der Waals surface area contributed by atoms with Crippen LogP contribution in [0.3, 0.4) is 0 Å². The van der Waals surface area contributed by atoms with Gasteiger partial charge in [-0.1, -0.05) is 30.3 Å². The van der Waals surface area contributed by atoms with E-state index in [9.17, 15) is 9.59 Å². The van der Waals surface area contributed by atoms with Gasteiger partial charge >= 0.3 is 0 Å². The first-order chi connectivity index (χ1) is 15.1. The summed E-state index contributed by atoms with van der Waals surface area (Å²) in [5, 5.41) is 5.05. The molecule has 0 unspecified atom stereocenters. The van der Waals surface area contributed by atoms with E-state index >= 15 is 0 Å². The van der Waals surface area contributed by atoms with Crippen molar-refractivity contribution in [3.05, 3.63) is 59.7 Å². The number of nitrogens with one attached hydrogen (secondary N) is 2. The summed E-state index contributed by atoms with van der Waals surface area (Å²) in [6.45, 7) is 3.10. The van der Waals surface area contributed by atoms with Crippen LogP contribution in [0.25, 0.3) is 0 Å². The molecule has 164 valence electrons. The van der Waals surface area contributed by atoms with Crippen molar-refractivity contribution < 1.29 is 14.3 Å². The third-order valence-electron chi connectivity index (χ3n) is 5.79. The smallest absolute Gasteiger partial charge is 0.253 e. The molecule has 2 aliphatic rings. The van der Waals surface area contributed by atoms with Crippen molar-refractivity contribution in [2.45, 2.75) is 37.2 Å². The van der Waals surface area contributed by atoms with Crippen molar-refractivity contribution in [1.82, 2.24) is 5.32 Å². The lowest BCUT2D eigenvalue weighted by atomic mass is 10.1. The highest BCUT2D eigenvalue weighted by Gasteiger charge is 2.23. The monoisotopic (exact) mass is 441 g/mol. The number of benzene rings is 2. The zero-order chi connectivity index (χ0) is 21.6. The molecule has 2 fully saturated rings. The summed E-state index contributed by atoms with van der Waals surface area (Å²) < 4.78 is 5.62. The molecule has 4 rings (SSSR count). The van der Waals surface area contributed by atoms with Gasteiger partial charge in [-0.3, -0.25) is 9.59 Å². The van der Waals surface area contributed by atoms with Crippen LogP contribution in [0.1, 0.15) is 47.0 Å². The van der Waals surface area contributed by atoms with Gasteiger partial charge in [-0.05, 0) is 49.4 Å². The fourth-order valence-electron chi connectivity index (χ4n) is 4.12. The van der Waals surface area contributed by atoms with Gasteiger partial charge in [0, 0.05) is 37.6 Å². The van der Waals surface area contributed by atoms with Gasteiger partial charge in [-0.25, -0.2) is 0 Å². The molecule has 0 radical (unpaired) electrons. The minimum absolute atomic E-state index is 0.0740. The molecule has 7 heteroatoms. The van der Waals surface area contributed by atoms with E-state index in [1.54, 1.807) is 6.07 Å². The van der Waals surface area contributed by atoms with E-state index in [1.807, 2.05) is 42.5 Å². The zero-order valence-electron chi connectivity index (χ0n) is 17.5. The van der Waals surface area contributed by atoms with E-state index in [2.05, 4.69) is 15.5 Å². The van der Waals surface area contributed by atoms with Crippen LogP contribution >= 0.6 is 11.6 Å². The van der Waals surface area contributed by atoms with Crippen LogP contribution in [0.2, 0.25) is 0 Å². The maximum Gasteiger partial charge on any atom is 0.253 e. The molecule has 0 aliphatic carbocycles. The average molecular weight is 442 g/mol. The third-order valence-corrected chi connectivity index (χ3v) is 6.24. The second kappa shape index (κ2) is 10.2. The predicted octanol–water partition coefficient (Wildman–Crippen LogP) is 4.11. The van der Waals surface area contributed by atoms with Crippen molar-refractivity contribution >= 4 is 34.8 Å². The maximum atomic E-state index is 13.0. The minimum Gasteiger partial charge on any atom is -0.376 e. The van der Waals surface area contributed by atoms with Crippen molar-refractivity contribution in [2.24, 2.45) is 0 Å². The van der Waals surface area contributed by atoms with Gasteiger partial charge in [-0.15, -0.1) is 11.6 Å². The Morgan fingerprint density at radius 3 is 2.58 bits per heavy atom. The molecule has 31 heavy (non-hydrogen) atoms. The Balaban J connectivity index is 1.51. The maximum absolute atomic E-state index is 13.0. The minimum atomic E-state index is -0.809. The number of ether oxygens (including phenoxy) is 1. The highest BCUT2D eigenvalue weighted by molar-refractivity contribution is 6.32. The summed E-state index contributed by atoms with van der Waals surface area (Å²) in [4.78, 5) is 27.9. The van der Waals surface area contributed by atoms with Gasteiger partial charge in [-0.2, -0.15) is 0 Å². The Morgan fingerprint density at radius 2 is 1.87 bits per heavy atom. The molecule has 2 atom stereocenters. The molecule has 2 heterocycles. The number of hydrogen-bond acceptors (Lipinski definition) is 4. The Labute approximate surface area is 187 Å². The van der Waals surface area contributed by atoms with E-state index in [0.29, 0.717) is 17.8 Å². The number of anilines is 2. The number of amides is 2. The van der Waals surface area contributed by atoms with Crippen LogP contribution in [0, 0.1) is 0 Å². The zero-order valence-corrected chi connectivity index (χ0v) is 18.2. The molecule has 0 bridgehead atoms. The lowest BCUT2D eigenvalue weighted by Gasteiger charge is -2.22. The molecule has 2 saturated heterocycles. The van der Waals surface area contributed by atoms with Crippen LogP contribution in [-0.4, -0.2) is 44.2 Å². The number of carbonyl (C=O) groups excluding carboxylic acids is 2. The Bertz CT molecular complexity index is 910. The normalized spacial score (nSPS) is 19.3. The Kier molecular flexibility index (Phi) is 7.10. The average Bonchev–Trinajstić information content (AvgIpc) is 3.52. The number of carbonyl (C=O) groups is 2. The highest BCUT2D eigenvalue weighted by atomic mass is 35.5.